The molecule has 8 nitrogen and oxygen atoms in total. The quantitative estimate of drug-likeness (QED) is 0.234. The number of hydrogen-bond acceptors (Lipinski definition) is 5. The number of hydrogen-bond donors (Lipinski definition) is 3. The van der Waals surface area contributed by atoms with Gasteiger partial charge in [-0.15, -0.1) is 0 Å². The summed E-state index contributed by atoms with van der Waals surface area (Å²) >= 11 is 3.46. The Labute approximate surface area is 228 Å². The number of carbonyl (C=O) groups excluding carboxylic acids is 2. The lowest BCUT2D eigenvalue weighted by Gasteiger charge is -2.29. The number of carbonyl (C=O) groups is 2. The molecule has 1 aliphatic heterocycles. The number of halogens is 1. The first-order chi connectivity index (χ1) is 18.5. The van der Waals surface area contributed by atoms with E-state index in [0.29, 0.717) is 17.1 Å². The summed E-state index contributed by atoms with van der Waals surface area (Å²) in [6, 6.07) is 22.6. The van der Waals surface area contributed by atoms with Gasteiger partial charge in [-0.1, -0.05) is 77.5 Å². The second-order valence-electron chi connectivity index (χ2n) is 9.07. The van der Waals surface area contributed by atoms with Crippen molar-refractivity contribution in [3.8, 4) is 17.0 Å². The van der Waals surface area contributed by atoms with Gasteiger partial charge in [0.25, 0.3) is 5.91 Å². The monoisotopic (exact) mass is 574 g/mol. The highest BCUT2D eigenvalue weighted by molar-refractivity contribution is 9.10. The second-order valence-corrected chi connectivity index (χ2v) is 9.98. The molecule has 1 aliphatic rings. The predicted molar refractivity (Wildman–Crippen MR) is 146 cm³/mol. The summed E-state index contributed by atoms with van der Waals surface area (Å²) in [6.45, 7) is 2.07. The van der Waals surface area contributed by atoms with E-state index in [1.807, 2.05) is 61.5 Å². The summed E-state index contributed by atoms with van der Waals surface area (Å²) in [5, 5.41) is 11.8. The first kappa shape index (κ1) is 25.7. The molecule has 194 valence electrons. The summed E-state index contributed by atoms with van der Waals surface area (Å²) in [7, 11) is 0. The summed E-state index contributed by atoms with van der Waals surface area (Å²) in [5.74, 6) is 0.510. The van der Waals surface area contributed by atoms with Crippen LogP contribution in [0.25, 0.3) is 11.3 Å². The molecule has 2 heterocycles. The topological polar surface area (TPSA) is 108 Å². The molecule has 9 heteroatoms. The van der Waals surface area contributed by atoms with Crippen molar-refractivity contribution < 1.29 is 19.4 Å². The van der Waals surface area contributed by atoms with Gasteiger partial charge in [0.15, 0.2) is 0 Å². The number of aliphatic hydroxyl groups is 1. The largest absolute Gasteiger partial charge is 0.491 e. The van der Waals surface area contributed by atoms with Gasteiger partial charge in [0.05, 0.1) is 18.5 Å². The Hall–Kier alpha value is -3.95. The molecule has 0 spiro atoms. The van der Waals surface area contributed by atoms with Crippen LogP contribution in [-0.4, -0.2) is 45.1 Å². The van der Waals surface area contributed by atoms with Gasteiger partial charge in [-0.05, 0) is 41.0 Å². The average molecular weight is 575 g/mol. The summed E-state index contributed by atoms with van der Waals surface area (Å²) in [4.78, 5) is 36.4. The van der Waals surface area contributed by atoms with Crippen LogP contribution < -0.4 is 10.1 Å². The molecular formula is C29H27BrN4O4. The van der Waals surface area contributed by atoms with Crippen molar-refractivity contribution in [2.45, 2.75) is 24.9 Å². The molecule has 0 aliphatic carbocycles. The van der Waals surface area contributed by atoms with Crippen molar-refractivity contribution in [1.29, 1.82) is 0 Å². The van der Waals surface area contributed by atoms with Gasteiger partial charge in [0, 0.05) is 10.4 Å². The number of urea groups is 1. The molecule has 3 aromatic carbocycles. The number of aromatic nitrogens is 2. The van der Waals surface area contributed by atoms with Gasteiger partial charge < -0.3 is 20.1 Å². The van der Waals surface area contributed by atoms with E-state index in [0.717, 1.165) is 21.3 Å². The fourth-order valence-corrected chi connectivity index (χ4v) is 4.95. The number of ether oxygens (including phenoxy) is 1. The van der Waals surface area contributed by atoms with Crippen LogP contribution in [0, 0.1) is 0 Å². The zero-order valence-electron chi connectivity index (χ0n) is 20.7. The van der Waals surface area contributed by atoms with Crippen LogP contribution in [-0.2, 0) is 4.79 Å². The van der Waals surface area contributed by atoms with Crippen LogP contribution in [0.5, 0.6) is 5.75 Å². The summed E-state index contributed by atoms with van der Waals surface area (Å²) in [5.41, 5.74) is 3.35. The average Bonchev–Trinajstić information content (AvgIpc) is 3.54. The molecule has 4 aromatic rings. The van der Waals surface area contributed by atoms with E-state index in [1.165, 1.54) is 4.90 Å². The first-order valence-corrected chi connectivity index (χ1v) is 13.1. The van der Waals surface area contributed by atoms with Gasteiger partial charge in [-0.3, -0.25) is 9.69 Å². The van der Waals surface area contributed by atoms with Crippen LogP contribution >= 0.6 is 15.9 Å². The number of aromatic amines is 1. The van der Waals surface area contributed by atoms with E-state index < -0.39 is 18.1 Å². The number of imidazole rings is 1. The third kappa shape index (κ3) is 5.20. The fraction of sp³-hybridized carbons (Fsp3) is 0.207. The molecule has 0 radical (unpaired) electrons. The van der Waals surface area contributed by atoms with Gasteiger partial charge in [-0.2, -0.15) is 0 Å². The van der Waals surface area contributed by atoms with Gasteiger partial charge in [-0.25, -0.2) is 9.78 Å². The molecule has 38 heavy (non-hydrogen) atoms. The minimum absolute atomic E-state index is 0.0921. The third-order valence-electron chi connectivity index (χ3n) is 6.65. The maximum absolute atomic E-state index is 13.8. The van der Waals surface area contributed by atoms with E-state index in [2.05, 4.69) is 31.2 Å². The Morgan fingerprint density at radius 3 is 2.42 bits per heavy atom. The maximum Gasteiger partial charge on any atom is 0.325 e. The standard InChI is InChI=1S/C29H27BrN4O4/c1-18(19-5-3-2-4-6-19)26(27-31-17-24(32-27)20-7-11-22(30)12-8-20)34-28(36)25(33-29(34)37)21-9-13-23(14-10-21)38-16-15-35/h2-14,17-18,25-26,35H,15-16H2,1H3,(H,31,32)(H,33,37)/t18-,25?,26-/m0/s1. The first-order valence-electron chi connectivity index (χ1n) is 12.3. The van der Waals surface area contributed by atoms with Crippen LogP contribution in [0.15, 0.2) is 89.5 Å². The minimum Gasteiger partial charge on any atom is -0.491 e. The summed E-state index contributed by atoms with van der Waals surface area (Å²) < 4.78 is 6.38. The van der Waals surface area contributed by atoms with Crippen LogP contribution in [0.2, 0.25) is 0 Å². The van der Waals surface area contributed by atoms with Gasteiger partial charge >= 0.3 is 6.03 Å². The maximum atomic E-state index is 13.8. The number of benzene rings is 3. The molecule has 1 fully saturated rings. The van der Waals surface area contributed by atoms with Crippen molar-refractivity contribution in [3.05, 3.63) is 106 Å². The molecular weight excluding hydrogens is 548 g/mol. The number of rotatable bonds is 9. The van der Waals surface area contributed by atoms with E-state index in [-0.39, 0.29) is 25.0 Å². The van der Waals surface area contributed by atoms with E-state index >= 15 is 0 Å². The number of imide groups is 1. The Morgan fingerprint density at radius 1 is 1.03 bits per heavy atom. The van der Waals surface area contributed by atoms with E-state index in [4.69, 9.17) is 9.84 Å². The number of nitrogens with one attached hydrogen (secondary N) is 2. The van der Waals surface area contributed by atoms with Gasteiger partial charge in [0.1, 0.15) is 30.3 Å². The summed E-state index contributed by atoms with van der Waals surface area (Å²) in [6.07, 6.45) is 1.73. The van der Waals surface area contributed by atoms with Crippen molar-refractivity contribution in [3.63, 3.8) is 0 Å². The lowest BCUT2D eigenvalue weighted by atomic mass is 9.91. The van der Waals surface area contributed by atoms with Crippen LogP contribution in [0.4, 0.5) is 4.79 Å². The Kier molecular flexibility index (Phi) is 7.57. The predicted octanol–water partition coefficient (Wildman–Crippen LogP) is 5.35. The number of amides is 3. The lowest BCUT2D eigenvalue weighted by Crippen LogP contribution is -2.38. The van der Waals surface area contributed by atoms with Crippen molar-refractivity contribution in [1.82, 2.24) is 20.2 Å². The van der Waals surface area contributed by atoms with Crippen LogP contribution in [0.3, 0.4) is 0 Å². The van der Waals surface area contributed by atoms with Gasteiger partial charge in [0.2, 0.25) is 0 Å². The SMILES string of the molecule is C[C@@H](c1ccccc1)[C@@H](c1ncc(-c2ccc(Br)cc2)[nH]1)N1C(=O)NC(c2ccc(OCCO)cc2)C1=O. The highest BCUT2D eigenvalue weighted by Crippen LogP contribution is 2.39. The van der Waals surface area contributed by atoms with Crippen molar-refractivity contribution >= 4 is 27.9 Å². The molecule has 0 bridgehead atoms. The highest BCUT2D eigenvalue weighted by Gasteiger charge is 2.46. The zero-order chi connectivity index (χ0) is 26.6. The normalized spacial score (nSPS) is 16.8. The number of aliphatic hydroxyl groups excluding tert-OH is 1. The van der Waals surface area contributed by atoms with E-state index in [9.17, 15) is 9.59 Å². The second kappa shape index (κ2) is 11.2. The molecule has 1 unspecified atom stereocenters. The molecule has 3 atom stereocenters. The smallest absolute Gasteiger partial charge is 0.325 e. The van der Waals surface area contributed by atoms with Crippen molar-refractivity contribution in [2.24, 2.45) is 0 Å². The molecule has 5 rings (SSSR count). The Bertz CT molecular complexity index is 1410. The number of H-pyrrole nitrogens is 1. The zero-order valence-corrected chi connectivity index (χ0v) is 22.3. The molecule has 3 N–H and O–H groups in total. The van der Waals surface area contributed by atoms with Crippen molar-refractivity contribution in [2.75, 3.05) is 13.2 Å². The Balaban J connectivity index is 1.48. The Morgan fingerprint density at radius 2 is 1.74 bits per heavy atom. The molecule has 1 aromatic heterocycles. The minimum atomic E-state index is -0.833. The lowest BCUT2D eigenvalue weighted by molar-refractivity contribution is -0.129. The molecule has 3 amide bonds. The molecule has 1 saturated heterocycles. The van der Waals surface area contributed by atoms with Crippen LogP contribution in [0.1, 0.15) is 41.9 Å². The highest BCUT2D eigenvalue weighted by atomic mass is 79.9. The van der Waals surface area contributed by atoms with E-state index in [1.54, 1.807) is 30.5 Å². The molecule has 0 saturated carbocycles. The number of nitrogens with zero attached hydrogens (tertiary/aromatic N) is 2. The third-order valence-corrected chi connectivity index (χ3v) is 7.18. The fourth-order valence-electron chi connectivity index (χ4n) is 4.69.